The Morgan fingerprint density at radius 3 is 0.812 bits per heavy atom. The first-order chi connectivity index (χ1) is 22.9. The molecule has 12 heteroatoms. The Balaban J connectivity index is 0.000000321. The third kappa shape index (κ3) is 15.8. The molecule has 256 valence electrons. The fourth-order valence-electron chi connectivity index (χ4n) is 3.18. The summed E-state index contributed by atoms with van der Waals surface area (Å²) in [5.41, 5.74) is 1.80. The van der Waals surface area contributed by atoms with Crippen molar-refractivity contribution >= 4 is 23.9 Å². The second-order valence-corrected chi connectivity index (χ2v) is 9.44. The highest BCUT2D eigenvalue weighted by atomic mass is 16.5. The minimum absolute atomic E-state index is 0.137. The number of phenolic OH excluding ortho intramolecular Hbond substituents is 4. The van der Waals surface area contributed by atoms with Crippen molar-refractivity contribution in [3.8, 4) is 23.0 Å². The number of methoxy groups -OCH3 is 2. The largest absolute Gasteiger partial charge is 0.508 e. The van der Waals surface area contributed by atoms with Gasteiger partial charge in [-0.1, -0.05) is 13.8 Å². The van der Waals surface area contributed by atoms with Gasteiger partial charge in [0.05, 0.1) is 49.7 Å². The molecule has 12 nitrogen and oxygen atoms in total. The zero-order valence-electron chi connectivity index (χ0n) is 27.1. The van der Waals surface area contributed by atoms with Gasteiger partial charge in [-0.15, -0.1) is 0 Å². The molecule has 48 heavy (non-hydrogen) atoms. The van der Waals surface area contributed by atoms with Gasteiger partial charge < -0.3 is 39.4 Å². The average Bonchev–Trinajstić information content (AvgIpc) is 3.11. The normalized spacial score (nSPS) is 9.42. The number of phenols is 4. The van der Waals surface area contributed by atoms with Crippen LogP contribution < -0.4 is 0 Å². The van der Waals surface area contributed by atoms with Gasteiger partial charge in [-0.2, -0.15) is 0 Å². The van der Waals surface area contributed by atoms with E-state index in [0.29, 0.717) is 35.5 Å². The van der Waals surface area contributed by atoms with Crippen molar-refractivity contribution in [2.75, 3.05) is 27.4 Å². The standard InChI is InChI=1S/2C10H12O3.2C8H8O3/c2*1-2-7-13-10(12)8-3-5-9(11)6-4-8;2*1-11-8(10)6-2-4-7(9)5-3-6/h2*3-6,11H,2,7H2,1H3;2*2-5,9H,1H3. The van der Waals surface area contributed by atoms with Gasteiger partial charge in [-0.3, -0.25) is 0 Å². The van der Waals surface area contributed by atoms with Crippen LogP contribution >= 0.6 is 0 Å². The third-order valence-corrected chi connectivity index (χ3v) is 5.66. The van der Waals surface area contributed by atoms with Crippen LogP contribution in [0.25, 0.3) is 0 Å². The molecule has 0 aliphatic carbocycles. The van der Waals surface area contributed by atoms with Crippen LogP contribution in [-0.4, -0.2) is 71.7 Å². The van der Waals surface area contributed by atoms with Crippen molar-refractivity contribution in [2.45, 2.75) is 26.7 Å². The molecule has 0 fully saturated rings. The van der Waals surface area contributed by atoms with E-state index in [4.69, 9.17) is 29.9 Å². The van der Waals surface area contributed by atoms with E-state index >= 15 is 0 Å². The SMILES string of the molecule is CCCOC(=O)c1ccc(O)cc1.CCCOC(=O)c1ccc(O)cc1.COC(=O)c1ccc(O)cc1.COC(=O)c1ccc(O)cc1. The Hall–Kier alpha value is -6.04. The lowest BCUT2D eigenvalue weighted by molar-refractivity contribution is 0.0496. The van der Waals surface area contributed by atoms with Crippen LogP contribution in [0, 0.1) is 0 Å². The number of carbonyl (C=O) groups excluding carboxylic acids is 4. The van der Waals surface area contributed by atoms with Crippen molar-refractivity contribution in [1.29, 1.82) is 0 Å². The lowest BCUT2D eigenvalue weighted by Crippen LogP contribution is -2.05. The molecular formula is C36H40O12. The summed E-state index contributed by atoms with van der Waals surface area (Å²) in [4.78, 5) is 44.1. The molecule has 0 aliphatic rings. The smallest absolute Gasteiger partial charge is 0.338 e. The molecule has 0 unspecified atom stereocenters. The fraction of sp³-hybridized carbons (Fsp3) is 0.222. The molecule has 0 saturated carbocycles. The highest BCUT2D eigenvalue weighted by molar-refractivity contribution is 5.90. The summed E-state index contributed by atoms with van der Waals surface area (Å²) < 4.78 is 18.7. The number of esters is 4. The van der Waals surface area contributed by atoms with E-state index in [9.17, 15) is 19.2 Å². The van der Waals surface area contributed by atoms with Crippen LogP contribution in [0.15, 0.2) is 97.1 Å². The van der Waals surface area contributed by atoms with E-state index in [2.05, 4.69) is 9.47 Å². The molecule has 0 amide bonds. The van der Waals surface area contributed by atoms with Gasteiger partial charge in [0.1, 0.15) is 23.0 Å². The van der Waals surface area contributed by atoms with Gasteiger partial charge in [0.15, 0.2) is 0 Å². The Bertz CT molecular complexity index is 1410. The number of carbonyl (C=O) groups is 4. The van der Waals surface area contributed by atoms with Crippen LogP contribution in [0.5, 0.6) is 23.0 Å². The maximum atomic E-state index is 11.2. The molecule has 0 atom stereocenters. The summed E-state index contributed by atoms with van der Waals surface area (Å²) >= 11 is 0. The van der Waals surface area contributed by atoms with Crippen LogP contribution in [0.1, 0.15) is 68.1 Å². The summed E-state index contributed by atoms with van der Waals surface area (Å²) in [6.45, 7) is 4.73. The lowest BCUT2D eigenvalue weighted by atomic mass is 10.2. The van der Waals surface area contributed by atoms with E-state index in [1.807, 2.05) is 13.8 Å². The molecule has 4 aromatic carbocycles. The Morgan fingerprint density at radius 1 is 0.417 bits per heavy atom. The number of rotatable bonds is 8. The minimum atomic E-state index is -0.398. The van der Waals surface area contributed by atoms with Crippen LogP contribution in [0.3, 0.4) is 0 Å². The summed E-state index contributed by atoms with van der Waals surface area (Å²) in [7, 11) is 2.63. The van der Waals surface area contributed by atoms with Gasteiger partial charge in [-0.25, -0.2) is 19.2 Å². The maximum Gasteiger partial charge on any atom is 0.338 e. The van der Waals surface area contributed by atoms with Crippen LogP contribution in [-0.2, 0) is 18.9 Å². The van der Waals surface area contributed by atoms with E-state index in [1.165, 1.54) is 111 Å². The molecule has 0 heterocycles. The monoisotopic (exact) mass is 664 g/mol. The van der Waals surface area contributed by atoms with Gasteiger partial charge >= 0.3 is 23.9 Å². The molecule has 0 radical (unpaired) electrons. The highest BCUT2D eigenvalue weighted by Gasteiger charge is 2.07. The van der Waals surface area contributed by atoms with Gasteiger partial charge in [0, 0.05) is 0 Å². The Morgan fingerprint density at radius 2 is 0.625 bits per heavy atom. The second kappa shape index (κ2) is 22.5. The lowest BCUT2D eigenvalue weighted by Gasteiger charge is -2.02. The van der Waals surface area contributed by atoms with E-state index < -0.39 is 11.9 Å². The summed E-state index contributed by atoms with van der Waals surface area (Å²) in [6, 6.07) is 23.7. The predicted molar refractivity (Wildman–Crippen MR) is 176 cm³/mol. The van der Waals surface area contributed by atoms with Crippen molar-refractivity contribution in [3.05, 3.63) is 119 Å². The molecule has 0 saturated heterocycles. The van der Waals surface area contributed by atoms with Crippen molar-refractivity contribution < 1.29 is 58.6 Å². The number of ether oxygens (including phenoxy) is 4. The minimum Gasteiger partial charge on any atom is -0.508 e. The summed E-state index contributed by atoms with van der Waals surface area (Å²) in [5, 5.41) is 35.6. The Kier molecular flexibility index (Phi) is 18.7. The molecule has 0 spiro atoms. The van der Waals surface area contributed by atoms with Gasteiger partial charge in [0.25, 0.3) is 0 Å². The average molecular weight is 665 g/mol. The molecule has 4 rings (SSSR count). The van der Waals surface area contributed by atoms with Crippen molar-refractivity contribution in [1.82, 2.24) is 0 Å². The molecule has 0 bridgehead atoms. The summed E-state index contributed by atoms with van der Waals surface area (Å²) in [5.74, 6) is -0.923. The molecule has 4 N–H and O–H groups in total. The predicted octanol–water partition coefficient (Wildman–Crippen LogP) is 6.28. The first-order valence-corrected chi connectivity index (χ1v) is 14.6. The highest BCUT2D eigenvalue weighted by Crippen LogP contribution is 2.13. The second-order valence-electron chi connectivity index (χ2n) is 9.44. The maximum absolute atomic E-state index is 11.2. The molecule has 0 aromatic heterocycles. The van der Waals surface area contributed by atoms with E-state index in [-0.39, 0.29) is 34.9 Å². The van der Waals surface area contributed by atoms with Gasteiger partial charge in [-0.05, 0) is 110 Å². The van der Waals surface area contributed by atoms with E-state index in [1.54, 1.807) is 0 Å². The van der Waals surface area contributed by atoms with E-state index in [0.717, 1.165) is 12.8 Å². The Labute approximate surface area is 278 Å². The first kappa shape index (κ1) is 40.0. The third-order valence-electron chi connectivity index (χ3n) is 5.66. The number of benzene rings is 4. The zero-order chi connectivity index (χ0) is 35.9. The van der Waals surface area contributed by atoms with Crippen LogP contribution in [0.2, 0.25) is 0 Å². The fourth-order valence-corrected chi connectivity index (χ4v) is 3.18. The molecular weight excluding hydrogens is 624 g/mol. The molecule has 0 aliphatic heterocycles. The summed E-state index contributed by atoms with van der Waals surface area (Å²) in [6.07, 6.45) is 1.62. The number of hydrogen-bond donors (Lipinski definition) is 4. The van der Waals surface area contributed by atoms with Gasteiger partial charge in [0.2, 0.25) is 0 Å². The zero-order valence-corrected chi connectivity index (χ0v) is 27.1. The topological polar surface area (TPSA) is 186 Å². The number of aromatic hydroxyl groups is 4. The number of hydrogen-bond acceptors (Lipinski definition) is 12. The first-order valence-electron chi connectivity index (χ1n) is 14.6. The quantitative estimate of drug-likeness (QED) is 0.122. The van der Waals surface area contributed by atoms with Crippen LogP contribution in [0.4, 0.5) is 0 Å². The van der Waals surface area contributed by atoms with Crippen molar-refractivity contribution in [3.63, 3.8) is 0 Å². The van der Waals surface area contributed by atoms with Crippen molar-refractivity contribution in [2.24, 2.45) is 0 Å². The molecule has 4 aromatic rings.